The Morgan fingerprint density at radius 2 is 1.90 bits per heavy atom. The summed E-state index contributed by atoms with van der Waals surface area (Å²) in [4.78, 5) is 41.3. The minimum atomic E-state index is -0.444. The Bertz CT molecular complexity index is 1000. The largest absolute Gasteiger partial charge is 0.347 e. The number of para-hydroxylation sites is 1. The van der Waals surface area contributed by atoms with Crippen molar-refractivity contribution in [2.24, 2.45) is 5.92 Å². The maximum atomic E-state index is 12.7. The fraction of sp³-hybridized carbons (Fsp3) is 0.375. The van der Waals surface area contributed by atoms with Crippen molar-refractivity contribution in [1.82, 2.24) is 5.32 Å². The molecule has 2 aliphatic heterocycles. The molecule has 6 nitrogen and oxygen atoms in total. The summed E-state index contributed by atoms with van der Waals surface area (Å²) in [5.74, 6) is -0.866. The van der Waals surface area contributed by atoms with Gasteiger partial charge in [0, 0.05) is 30.9 Å². The molecule has 2 aromatic carbocycles. The summed E-state index contributed by atoms with van der Waals surface area (Å²) in [5, 5.41) is 2.76. The second-order valence-electron chi connectivity index (χ2n) is 8.17. The Morgan fingerprint density at radius 1 is 1.10 bits per heavy atom. The molecule has 1 atom stereocenters. The second-order valence-corrected chi connectivity index (χ2v) is 8.17. The first-order chi connectivity index (χ1) is 14.4. The average Bonchev–Trinajstić information content (AvgIpc) is 3.15. The Morgan fingerprint density at radius 3 is 2.70 bits per heavy atom. The number of aryl methyl sites for hydroxylation is 3. The molecule has 3 amide bonds. The van der Waals surface area contributed by atoms with E-state index in [2.05, 4.69) is 5.32 Å². The van der Waals surface area contributed by atoms with Crippen LogP contribution in [-0.4, -0.2) is 37.4 Å². The second kappa shape index (κ2) is 8.30. The minimum Gasteiger partial charge on any atom is -0.347 e. The van der Waals surface area contributed by atoms with Gasteiger partial charge in [-0.2, -0.15) is 0 Å². The smallest absolute Gasteiger partial charge is 0.246 e. The lowest BCUT2D eigenvalue weighted by atomic mass is 10.0. The predicted molar refractivity (Wildman–Crippen MR) is 117 cm³/mol. The van der Waals surface area contributed by atoms with E-state index < -0.39 is 5.92 Å². The fourth-order valence-electron chi connectivity index (χ4n) is 4.22. The lowest BCUT2D eigenvalue weighted by Gasteiger charge is -2.29. The first-order valence-corrected chi connectivity index (χ1v) is 10.5. The summed E-state index contributed by atoms with van der Waals surface area (Å²) in [6.45, 7) is 4.98. The van der Waals surface area contributed by atoms with Crippen LogP contribution >= 0.6 is 0 Å². The van der Waals surface area contributed by atoms with Gasteiger partial charge in [-0.05, 0) is 61.6 Å². The standard InChI is InChI=1S/C24H27N3O3/c1-16-9-10-20(12-17(16)2)27-15-19(13-22(27)28)24(30)25-14-23(29)26-11-5-7-18-6-3-4-8-21(18)26/h3-4,6,8-10,12,19H,5,7,11,13-15H2,1-2H3,(H,25,30)/t19-/m1/s1. The van der Waals surface area contributed by atoms with Crippen LogP contribution in [0.5, 0.6) is 0 Å². The molecule has 1 fully saturated rings. The van der Waals surface area contributed by atoms with Crippen LogP contribution in [0.4, 0.5) is 11.4 Å². The van der Waals surface area contributed by atoms with Gasteiger partial charge in [-0.1, -0.05) is 24.3 Å². The van der Waals surface area contributed by atoms with Crippen molar-refractivity contribution in [2.45, 2.75) is 33.1 Å². The van der Waals surface area contributed by atoms with Crippen LogP contribution in [0, 0.1) is 19.8 Å². The first-order valence-electron chi connectivity index (χ1n) is 10.5. The zero-order valence-electron chi connectivity index (χ0n) is 17.5. The lowest BCUT2D eigenvalue weighted by Crippen LogP contribution is -2.44. The number of carbonyl (C=O) groups excluding carboxylic acids is 3. The van der Waals surface area contributed by atoms with E-state index in [0.29, 0.717) is 13.1 Å². The number of rotatable bonds is 4. The van der Waals surface area contributed by atoms with Gasteiger partial charge in [-0.3, -0.25) is 14.4 Å². The van der Waals surface area contributed by atoms with Gasteiger partial charge in [0.05, 0.1) is 12.5 Å². The molecule has 0 unspecified atom stereocenters. The van der Waals surface area contributed by atoms with Crippen molar-refractivity contribution in [2.75, 3.05) is 29.4 Å². The summed E-state index contributed by atoms with van der Waals surface area (Å²) in [6.07, 6.45) is 2.04. The van der Waals surface area contributed by atoms with E-state index >= 15 is 0 Å². The molecule has 0 bridgehead atoms. The molecule has 0 saturated carbocycles. The fourth-order valence-corrected chi connectivity index (χ4v) is 4.22. The molecule has 0 aromatic heterocycles. The Balaban J connectivity index is 1.36. The normalized spacial score (nSPS) is 18.3. The van der Waals surface area contributed by atoms with Crippen LogP contribution in [0.3, 0.4) is 0 Å². The lowest BCUT2D eigenvalue weighted by molar-refractivity contribution is -0.128. The summed E-state index contributed by atoms with van der Waals surface area (Å²) in [6, 6.07) is 13.8. The molecule has 1 N–H and O–H groups in total. The highest BCUT2D eigenvalue weighted by Crippen LogP contribution is 2.28. The van der Waals surface area contributed by atoms with Crippen LogP contribution < -0.4 is 15.1 Å². The molecule has 30 heavy (non-hydrogen) atoms. The third kappa shape index (κ3) is 3.95. The Hall–Kier alpha value is -3.15. The topological polar surface area (TPSA) is 69.7 Å². The van der Waals surface area contributed by atoms with Gasteiger partial charge in [0.1, 0.15) is 0 Å². The number of nitrogens with zero attached hydrogens (tertiary/aromatic N) is 2. The molecule has 2 aliphatic rings. The number of hydrogen-bond acceptors (Lipinski definition) is 3. The number of fused-ring (bicyclic) bond motifs is 1. The van der Waals surface area contributed by atoms with E-state index in [1.807, 2.05) is 56.3 Å². The Labute approximate surface area is 176 Å². The summed E-state index contributed by atoms with van der Waals surface area (Å²) in [5.41, 5.74) is 5.19. The quantitative estimate of drug-likeness (QED) is 0.850. The monoisotopic (exact) mass is 405 g/mol. The van der Waals surface area contributed by atoms with Gasteiger partial charge in [-0.15, -0.1) is 0 Å². The number of benzene rings is 2. The van der Waals surface area contributed by atoms with Crippen LogP contribution in [0.1, 0.15) is 29.5 Å². The molecule has 2 heterocycles. The van der Waals surface area contributed by atoms with Crippen molar-refractivity contribution >= 4 is 29.1 Å². The molecule has 6 heteroatoms. The van der Waals surface area contributed by atoms with Gasteiger partial charge in [-0.25, -0.2) is 0 Å². The van der Waals surface area contributed by atoms with Crippen molar-refractivity contribution in [1.29, 1.82) is 0 Å². The van der Waals surface area contributed by atoms with Crippen LogP contribution in [0.25, 0.3) is 0 Å². The van der Waals surface area contributed by atoms with Crippen molar-refractivity contribution in [3.8, 4) is 0 Å². The van der Waals surface area contributed by atoms with E-state index in [1.165, 1.54) is 0 Å². The van der Waals surface area contributed by atoms with E-state index in [-0.39, 0.29) is 30.7 Å². The molecule has 2 aromatic rings. The number of hydrogen-bond donors (Lipinski definition) is 1. The minimum absolute atomic E-state index is 0.0541. The maximum Gasteiger partial charge on any atom is 0.246 e. The molecule has 0 spiro atoms. The molecule has 0 radical (unpaired) electrons. The first kappa shape index (κ1) is 20.1. The van der Waals surface area contributed by atoms with Crippen LogP contribution in [-0.2, 0) is 20.8 Å². The van der Waals surface area contributed by atoms with Crippen LogP contribution in [0.2, 0.25) is 0 Å². The van der Waals surface area contributed by atoms with Crippen molar-refractivity contribution < 1.29 is 14.4 Å². The van der Waals surface area contributed by atoms with E-state index in [4.69, 9.17) is 0 Å². The molecule has 156 valence electrons. The summed E-state index contributed by atoms with van der Waals surface area (Å²) in [7, 11) is 0. The summed E-state index contributed by atoms with van der Waals surface area (Å²) >= 11 is 0. The zero-order valence-corrected chi connectivity index (χ0v) is 17.5. The van der Waals surface area contributed by atoms with Gasteiger partial charge in [0.25, 0.3) is 0 Å². The van der Waals surface area contributed by atoms with E-state index in [0.717, 1.165) is 40.9 Å². The average molecular weight is 405 g/mol. The molecule has 4 rings (SSSR count). The van der Waals surface area contributed by atoms with Gasteiger partial charge < -0.3 is 15.1 Å². The van der Waals surface area contributed by atoms with Crippen LogP contribution in [0.15, 0.2) is 42.5 Å². The highest BCUT2D eigenvalue weighted by Gasteiger charge is 2.35. The number of carbonyl (C=O) groups is 3. The third-order valence-corrected chi connectivity index (χ3v) is 6.12. The molecule has 0 aliphatic carbocycles. The van der Waals surface area contributed by atoms with Crippen molar-refractivity contribution in [3.05, 3.63) is 59.2 Å². The predicted octanol–water partition coefficient (Wildman–Crippen LogP) is 2.75. The van der Waals surface area contributed by atoms with Crippen molar-refractivity contribution in [3.63, 3.8) is 0 Å². The molecular weight excluding hydrogens is 378 g/mol. The number of nitrogens with one attached hydrogen (secondary N) is 1. The zero-order chi connectivity index (χ0) is 21.3. The van der Waals surface area contributed by atoms with Gasteiger partial charge >= 0.3 is 0 Å². The molecule has 1 saturated heterocycles. The maximum absolute atomic E-state index is 12.7. The SMILES string of the molecule is Cc1ccc(N2C[C@H](C(=O)NCC(=O)N3CCCc4ccccc43)CC2=O)cc1C. The van der Waals surface area contributed by atoms with E-state index in [9.17, 15) is 14.4 Å². The van der Waals surface area contributed by atoms with Gasteiger partial charge in [0.15, 0.2) is 0 Å². The highest BCUT2D eigenvalue weighted by molar-refractivity contribution is 6.02. The summed E-state index contributed by atoms with van der Waals surface area (Å²) < 4.78 is 0. The Kier molecular flexibility index (Phi) is 5.57. The molecular formula is C24H27N3O3. The van der Waals surface area contributed by atoms with E-state index in [1.54, 1.807) is 9.80 Å². The third-order valence-electron chi connectivity index (χ3n) is 6.12. The van der Waals surface area contributed by atoms with Gasteiger partial charge in [0.2, 0.25) is 17.7 Å². The number of amides is 3. The number of anilines is 2. The highest BCUT2D eigenvalue weighted by atomic mass is 16.2.